The van der Waals surface area contributed by atoms with Crippen LogP contribution in [0.2, 0.25) is 0 Å². The number of hydrogen-bond donors (Lipinski definition) is 2. The van der Waals surface area contributed by atoms with Gasteiger partial charge in [0.05, 0.1) is 18.9 Å². The molecule has 0 aromatic carbocycles. The smallest absolute Gasteiger partial charge is 0.0624 e. The van der Waals surface area contributed by atoms with Gasteiger partial charge in [0.2, 0.25) is 0 Å². The standard InChI is InChI=1S/C13H24N2O2/c1-4-6-13(9-16,10-17)8-12-7-11(5-2)14-15(12)3/h7,16-17H,4-6,8-10H2,1-3H3. The SMILES string of the molecule is CCCC(CO)(CO)Cc1cc(CC)nn1C. The molecule has 1 aromatic heterocycles. The molecule has 1 heterocycles. The van der Waals surface area contributed by atoms with Gasteiger partial charge < -0.3 is 10.2 Å². The third kappa shape index (κ3) is 3.30. The number of nitrogens with zero attached hydrogens (tertiary/aromatic N) is 2. The van der Waals surface area contributed by atoms with Crippen molar-refractivity contribution in [1.82, 2.24) is 9.78 Å². The maximum absolute atomic E-state index is 9.53. The van der Waals surface area contributed by atoms with Crippen molar-refractivity contribution in [2.45, 2.75) is 39.5 Å². The lowest BCUT2D eigenvalue weighted by Gasteiger charge is -2.29. The van der Waals surface area contributed by atoms with E-state index in [-0.39, 0.29) is 13.2 Å². The Morgan fingerprint density at radius 1 is 1.29 bits per heavy atom. The molecule has 17 heavy (non-hydrogen) atoms. The van der Waals surface area contributed by atoms with Gasteiger partial charge in [-0.15, -0.1) is 0 Å². The fourth-order valence-electron chi connectivity index (χ4n) is 2.23. The van der Waals surface area contributed by atoms with Gasteiger partial charge >= 0.3 is 0 Å². The summed E-state index contributed by atoms with van der Waals surface area (Å²) in [5.41, 5.74) is 1.73. The second kappa shape index (κ2) is 6.17. The van der Waals surface area contributed by atoms with E-state index in [1.165, 1.54) is 0 Å². The van der Waals surface area contributed by atoms with E-state index < -0.39 is 5.41 Å². The highest BCUT2D eigenvalue weighted by atomic mass is 16.3. The average molecular weight is 240 g/mol. The maximum atomic E-state index is 9.53. The molecular formula is C13H24N2O2. The van der Waals surface area contributed by atoms with Crippen molar-refractivity contribution in [2.75, 3.05) is 13.2 Å². The lowest BCUT2D eigenvalue weighted by atomic mass is 9.80. The van der Waals surface area contributed by atoms with Crippen molar-refractivity contribution in [3.8, 4) is 0 Å². The molecule has 0 radical (unpaired) electrons. The Kier molecular flexibility index (Phi) is 5.15. The van der Waals surface area contributed by atoms with Crippen LogP contribution >= 0.6 is 0 Å². The van der Waals surface area contributed by atoms with Gasteiger partial charge in [0.1, 0.15) is 0 Å². The molecule has 0 unspecified atom stereocenters. The molecule has 0 fully saturated rings. The third-order valence-corrected chi connectivity index (χ3v) is 3.40. The second-order valence-corrected chi connectivity index (χ2v) is 4.85. The highest BCUT2D eigenvalue weighted by molar-refractivity contribution is 5.12. The minimum absolute atomic E-state index is 0.0178. The number of hydrogen-bond acceptors (Lipinski definition) is 3. The summed E-state index contributed by atoms with van der Waals surface area (Å²) in [5, 5.41) is 23.5. The zero-order valence-corrected chi connectivity index (χ0v) is 11.1. The zero-order chi connectivity index (χ0) is 12.9. The van der Waals surface area contributed by atoms with Gasteiger partial charge in [0.15, 0.2) is 0 Å². The molecular weight excluding hydrogens is 216 g/mol. The van der Waals surface area contributed by atoms with Crippen LogP contribution in [0.15, 0.2) is 6.07 Å². The van der Waals surface area contributed by atoms with Crippen LogP contribution in [0.4, 0.5) is 0 Å². The lowest BCUT2D eigenvalue weighted by Crippen LogP contribution is -2.33. The van der Waals surface area contributed by atoms with Crippen molar-refractivity contribution in [3.05, 3.63) is 17.5 Å². The first-order valence-corrected chi connectivity index (χ1v) is 6.34. The predicted octanol–water partition coefficient (Wildman–Crippen LogP) is 1.30. The molecule has 1 aromatic rings. The normalized spacial score (nSPS) is 12.1. The van der Waals surface area contributed by atoms with Crippen molar-refractivity contribution < 1.29 is 10.2 Å². The molecule has 0 saturated heterocycles. The summed E-state index contributed by atoms with van der Waals surface area (Å²) in [6.45, 7) is 4.18. The van der Waals surface area contributed by atoms with Gasteiger partial charge in [-0.05, 0) is 25.3 Å². The highest BCUT2D eigenvalue weighted by Crippen LogP contribution is 2.28. The summed E-state index contributed by atoms with van der Waals surface area (Å²) in [6.07, 6.45) is 3.37. The van der Waals surface area contributed by atoms with Crippen LogP contribution in [0.1, 0.15) is 38.1 Å². The highest BCUT2D eigenvalue weighted by Gasteiger charge is 2.29. The summed E-state index contributed by atoms with van der Waals surface area (Å²) in [5.74, 6) is 0. The predicted molar refractivity (Wildman–Crippen MR) is 67.8 cm³/mol. The molecule has 0 atom stereocenters. The van der Waals surface area contributed by atoms with Crippen LogP contribution in [-0.2, 0) is 19.9 Å². The van der Waals surface area contributed by atoms with Crippen molar-refractivity contribution in [1.29, 1.82) is 0 Å². The lowest BCUT2D eigenvalue weighted by molar-refractivity contribution is 0.0451. The first kappa shape index (κ1) is 14.2. The number of aromatic nitrogens is 2. The Hall–Kier alpha value is -0.870. The van der Waals surface area contributed by atoms with E-state index in [0.29, 0.717) is 6.42 Å². The first-order valence-electron chi connectivity index (χ1n) is 6.34. The Balaban J connectivity index is 2.88. The molecule has 1 rings (SSSR count). The number of aliphatic hydroxyl groups excluding tert-OH is 2. The largest absolute Gasteiger partial charge is 0.396 e. The van der Waals surface area contributed by atoms with Crippen LogP contribution < -0.4 is 0 Å². The minimum Gasteiger partial charge on any atom is -0.396 e. The van der Waals surface area contributed by atoms with E-state index in [2.05, 4.69) is 25.0 Å². The van der Waals surface area contributed by atoms with Crippen molar-refractivity contribution in [3.63, 3.8) is 0 Å². The van der Waals surface area contributed by atoms with Crippen molar-refractivity contribution >= 4 is 0 Å². The second-order valence-electron chi connectivity index (χ2n) is 4.85. The Labute approximate surface area is 103 Å². The van der Waals surface area contributed by atoms with Crippen LogP contribution in [-0.4, -0.2) is 33.2 Å². The first-order chi connectivity index (χ1) is 8.10. The molecule has 2 N–H and O–H groups in total. The monoisotopic (exact) mass is 240 g/mol. The molecule has 0 saturated carbocycles. The molecule has 98 valence electrons. The fourth-order valence-corrected chi connectivity index (χ4v) is 2.23. The van der Waals surface area contributed by atoms with Crippen LogP contribution in [0.3, 0.4) is 0 Å². The molecule has 4 nitrogen and oxygen atoms in total. The van der Waals surface area contributed by atoms with Crippen LogP contribution in [0.25, 0.3) is 0 Å². The zero-order valence-electron chi connectivity index (χ0n) is 11.1. The van der Waals surface area contributed by atoms with Gasteiger partial charge in [-0.1, -0.05) is 20.3 Å². The number of aliphatic hydroxyl groups is 2. The fraction of sp³-hybridized carbons (Fsp3) is 0.769. The van der Waals surface area contributed by atoms with E-state index >= 15 is 0 Å². The minimum atomic E-state index is -0.409. The van der Waals surface area contributed by atoms with E-state index in [0.717, 1.165) is 30.7 Å². The van der Waals surface area contributed by atoms with Crippen LogP contribution in [0.5, 0.6) is 0 Å². The maximum Gasteiger partial charge on any atom is 0.0624 e. The number of aryl methyl sites for hydroxylation is 2. The summed E-state index contributed by atoms with van der Waals surface area (Å²) >= 11 is 0. The van der Waals surface area contributed by atoms with Gasteiger partial charge in [-0.25, -0.2) is 0 Å². The topological polar surface area (TPSA) is 58.3 Å². The molecule has 0 aliphatic heterocycles. The van der Waals surface area contributed by atoms with Crippen molar-refractivity contribution in [2.24, 2.45) is 12.5 Å². The molecule has 0 bridgehead atoms. The van der Waals surface area contributed by atoms with Gasteiger partial charge in [0, 0.05) is 18.2 Å². The number of rotatable bonds is 7. The molecule has 0 spiro atoms. The Morgan fingerprint density at radius 2 is 1.94 bits per heavy atom. The van der Waals surface area contributed by atoms with E-state index in [1.807, 2.05) is 11.7 Å². The van der Waals surface area contributed by atoms with E-state index in [1.54, 1.807) is 0 Å². The third-order valence-electron chi connectivity index (χ3n) is 3.40. The molecule has 0 aliphatic carbocycles. The summed E-state index contributed by atoms with van der Waals surface area (Å²) < 4.78 is 1.86. The average Bonchev–Trinajstić information content (AvgIpc) is 2.69. The summed E-state index contributed by atoms with van der Waals surface area (Å²) in [4.78, 5) is 0. The summed E-state index contributed by atoms with van der Waals surface area (Å²) in [6, 6.07) is 2.07. The molecule has 0 aliphatic rings. The van der Waals surface area contributed by atoms with Gasteiger partial charge in [-0.2, -0.15) is 5.10 Å². The molecule has 0 amide bonds. The van der Waals surface area contributed by atoms with E-state index in [9.17, 15) is 10.2 Å². The Morgan fingerprint density at radius 3 is 2.35 bits per heavy atom. The van der Waals surface area contributed by atoms with Gasteiger partial charge in [0.25, 0.3) is 0 Å². The van der Waals surface area contributed by atoms with Crippen LogP contribution in [0, 0.1) is 5.41 Å². The molecule has 4 heteroatoms. The van der Waals surface area contributed by atoms with Gasteiger partial charge in [-0.3, -0.25) is 4.68 Å². The summed E-state index contributed by atoms with van der Waals surface area (Å²) in [7, 11) is 1.92. The Bertz CT molecular complexity index is 343. The van der Waals surface area contributed by atoms with E-state index in [4.69, 9.17) is 0 Å². The quantitative estimate of drug-likeness (QED) is 0.755.